The van der Waals surface area contributed by atoms with E-state index in [2.05, 4.69) is 30.4 Å². The van der Waals surface area contributed by atoms with Crippen LogP contribution in [-0.4, -0.2) is 17.0 Å². The van der Waals surface area contributed by atoms with Crippen LogP contribution < -0.4 is 5.32 Å². The zero-order chi connectivity index (χ0) is 18.1. The second kappa shape index (κ2) is 6.94. The molecule has 1 aliphatic rings. The summed E-state index contributed by atoms with van der Waals surface area (Å²) in [7, 11) is 0. The number of aromatic nitrogens is 1. The molecule has 3 aromatic rings. The number of nitrogens with zero attached hydrogens (tertiary/aromatic N) is 1. The Balaban J connectivity index is 1.85. The molecular weight excluding hydrogens is 327 g/mol. The Bertz CT molecular complexity index is 974. The van der Waals surface area contributed by atoms with E-state index in [-0.39, 0.29) is 11.7 Å². The standard InChI is InChI=1S/C22H23FN2O/c1-2-3-5-15-8-9-20-19(13-15)18-10-11-24-22(26)21(18)25(20)14-16-6-4-7-17(23)12-16/h4,6-9,12-13H,2-3,5,10-11,14H2,1H3,(H,24,26). The number of hydrogen-bond acceptors (Lipinski definition) is 1. The number of carbonyl (C=O) groups excluding carboxylic acids is 1. The summed E-state index contributed by atoms with van der Waals surface area (Å²) in [5.74, 6) is -0.284. The number of halogens is 1. The van der Waals surface area contributed by atoms with Crippen molar-refractivity contribution < 1.29 is 9.18 Å². The van der Waals surface area contributed by atoms with Gasteiger partial charge < -0.3 is 9.88 Å². The fourth-order valence-electron chi connectivity index (χ4n) is 3.89. The molecule has 134 valence electrons. The van der Waals surface area contributed by atoms with Gasteiger partial charge in [-0.15, -0.1) is 0 Å². The molecule has 0 radical (unpaired) electrons. The summed E-state index contributed by atoms with van der Waals surface area (Å²) in [6.07, 6.45) is 4.23. The number of benzene rings is 2. The molecule has 26 heavy (non-hydrogen) atoms. The van der Waals surface area contributed by atoms with Crippen LogP contribution in [0.1, 0.15) is 46.9 Å². The second-order valence-electron chi connectivity index (χ2n) is 7.00. The third-order valence-electron chi connectivity index (χ3n) is 5.16. The van der Waals surface area contributed by atoms with E-state index in [9.17, 15) is 9.18 Å². The number of aryl methyl sites for hydroxylation is 1. The maximum atomic E-state index is 13.6. The van der Waals surface area contributed by atoms with E-state index in [1.54, 1.807) is 6.07 Å². The van der Waals surface area contributed by atoms with Gasteiger partial charge >= 0.3 is 0 Å². The Hall–Kier alpha value is -2.62. The van der Waals surface area contributed by atoms with Crippen LogP contribution in [0.3, 0.4) is 0 Å². The Morgan fingerprint density at radius 1 is 1.15 bits per heavy atom. The average molecular weight is 350 g/mol. The van der Waals surface area contributed by atoms with Crippen LogP contribution in [0.25, 0.3) is 10.9 Å². The van der Waals surface area contributed by atoms with Crippen LogP contribution in [0.5, 0.6) is 0 Å². The number of fused-ring (bicyclic) bond motifs is 3. The Labute approximate surface area is 152 Å². The molecule has 0 saturated carbocycles. The van der Waals surface area contributed by atoms with E-state index in [1.807, 2.05) is 10.6 Å². The Morgan fingerprint density at radius 2 is 2.04 bits per heavy atom. The quantitative estimate of drug-likeness (QED) is 0.724. The lowest BCUT2D eigenvalue weighted by molar-refractivity contribution is 0.0937. The highest BCUT2D eigenvalue weighted by Crippen LogP contribution is 2.31. The first-order valence-corrected chi connectivity index (χ1v) is 9.34. The fraction of sp³-hybridized carbons (Fsp3) is 0.318. The highest BCUT2D eigenvalue weighted by atomic mass is 19.1. The number of amides is 1. The molecule has 1 aliphatic heterocycles. The molecule has 0 saturated heterocycles. The lowest BCUT2D eigenvalue weighted by Crippen LogP contribution is -2.33. The van der Waals surface area contributed by atoms with Gasteiger partial charge in [-0.1, -0.05) is 31.5 Å². The summed E-state index contributed by atoms with van der Waals surface area (Å²) in [5, 5.41) is 4.12. The monoisotopic (exact) mass is 350 g/mol. The van der Waals surface area contributed by atoms with Crippen molar-refractivity contribution >= 4 is 16.8 Å². The largest absolute Gasteiger partial charge is 0.350 e. The molecule has 0 atom stereocenters. The van der Waals surface area contributed by atoms with Crippen LogP contribution in [-0.2, 0) is 19.4 Å². The molecule has 0 spiro atoms. The molecule has 1 N–H and O–H groups in total. The Kier molecular flexibility index (Phi) is 4.49. The molecule has 1 aromatic heterocycles. The highest BCUT2D eigenvalue weighted by Gasteiger charge is 2.26. The van der Waals surface area contributed by atoms with Crippen molar-refractivity contribution in [3.63, 3.8) is 0 Å². The van der Waals surface area contributed by atoms with E-state index < -0.39 is 0 Å². The summed E-state index contributed by atoms with van der Waals surface area (Å²) < 4.78 is 15.6. The van der Waals surface area contributed by atoms with E-state index in [0.29, 0.717) is 13.1 Å². The third-order valence-corrected chi connectivity index (χ3v) is 5.16. The molecule has 3 nitrogen and oxygen atoms in total. The smallest absolute Gasteiger partial charge is 0.268 e. The van der Waals surface area contributed by atoms with Crippen LogP contribution in [0.15, 0.2) is 42.5 Å². The molecule has 0 fully saturated rings. The first-order valence-electron chi connectivity index (χ1n) is 9.34. The van der Waals surface area contributed by atoms with Crippen molar-refractivity contribution in [2.24, 2.45) is 0 Å². The minimum absolute atomic E-state index is 0.0334. The zero-order valence-corrected chi connectivity index (χ0v) is 15.0. The fourth-order valence-corrected chi connectivity index (χ4v) is 3.89. The van der Waals surface area contributed by atoms with E-state index in [1.165, 1.54) is 29.5 Å². The third kappa shape index (κ3) is 3.00. The van der Waals surface area contributed by atoms with Gasteiger partial charge in [0.2, 0.25) is 0 Å². The highest BCUT2D eigenvalue weighted by molar-refractivity contribution is 6.03. The van der Waals surface area contributed by atoms with Crippen molar-refractivity contribution in [3.05, 3.63) is 70.7 Å². The van der Waals surface area contributed by atoms with Gasteiger partial charge in [-0.25, -0.2) is 4.39 Å². The SMILES string of the molecule is CCCCc1ccc2c(c1)c1c(n2Cc2cccc(F)c2)C(=O)NCC1. The normalized spacial score (nSPS) is 13.7. The van der Waals surface area contributed by atoms with Crippen molar-refractivity contribution in [2.75, 3.05) is 6.54 Å². The average Bonchev–Trinajstić information content (AvgIpc) is 2.95. The van der Waals surface area contributed by atoms with Crippen LogP contribution >= 0.6 is 0 Å². The maximum Gasteiger partial charge on any atom is 0.268 e. The van der Waals surface area contributed by atoms with Gasteiger partial charge in [0, 0.05) is 24.0 Å². The lowest BCUT2D eigenvalue weighted by Gasteiger charge is -2.16. The van der Waals surface area contributed by atoms with E-state index in [0.717, 1.165) is 41.6 Å². The predicted octanol–water partition coefficient (Wildman–Crippen LogP) is 4.46. The molecule has 2 aromatic carbocycles. The lowest BCUT2D eigenvalue weighted by atomic mass is 10.0. The van der Waals surface area contributed by atoms with Gasteiger partial charge in [-0.3, -0.25) is 4.79 Å². The molecule has 4 heteroatoms. The number of unbranched alkanes of at least 4 members (excludes halogenated alkanes) is 1. The van der Waals surface area contributed by atoms with Gasteiger partial charge in [0.1, 0.15) is 11.5 Å². The predicted molar refractivity (Wildman–Crippen MR) is 102 cm³/mol. The molecule has 0 bridgehead atoms. The van der Waals surface area contributed by atoms with Crippen molar-refractivity contribution in [1.82, 2.24) is 9.88 Å². The second-order valence-corrected chi connectivity index (χ2v) is 7.00. The zero-order valence-electron chi connectivity index (χ0n) is 15.0. The minimum Gasteiger partial charge on any atom is -0.350 e. The van der Waals surface area contributed by atoms with Crippen LogP contribution in [0.4, 0.5) is 4.39 Å². The molecular formula is C22H23FN2O. The van der Waals surface area contributed by atoms with Crippen molar-refractivity contribution in [1.29, 1.82) is 0 Å². The van der Waals surface area contributed by atoms with Gasteiger partial charge in [0.15, 0.2) is 0 Å². The van der Waals surface area contributed by atoms with Crippen LogP contribution in [0.2, 0.25) is 0 Å². The van der Waals surface area contributed by atoms with Gasteiger partial charge in [0.25, 0.3) is 5.91 Å². The van der Waals surface area contributed by atoms with Gasteiger partial charge in [-0.2, -0.15) is 0 Å². The minimum atomic E-state index is -0.251. The number of nitrogens with one attached hydrogen (secondary N) is 1. The molecule has 2 heterocycles. The van der Waals surface area contributed by atoms with Gasteiger partial charge in [-0.05, 0) is 60.2 Å². The first kappa shape index (κ1) is 16.8. The number of hydrogen-bond donors (Lipinski definition) is 1. The summed E-state index contributed by atoms with van der Waals surface area (Å²) in [6, 6.07) is 13.1. The van der Waals surface area contributed by atoms with Gasteiger partial charge in [0.05, 0.1) is 0 Å². The summed E-state index contributed by atoms with van der Waals surface area (Å²) in [5.41, 5.74) is 5.08. The maximum absolute atomic E-state index is 13.6. The van der Waals surface area contributed by atoms with Crippen molar-refractivity contribution in [3.8, 4) is 0 Å². The number of carbonyl (C=O) groups is 1. The summed E-state index contributed by atoms with van der Waals surface area (Å²) in [6.45, 7) is 3.36. The first-order chi connectivity index (χ1) is 12.7. The summed E-state index contributed by atoms with van der Waals surface area (Å²) in [4.78, 5) is 12.6. The topological polar surface area (TPSA) is 34.0 Å². The molecule has 4 rings (SSSR count). The summed E-state index contributed by atoms with van der Waals surface area (Å²) >= 11 is 0. The molecule has 0 unspecified atom stereocenters. The number of rotatable bonds is 5. The Morgan fingerprint density at radius 3 is 2.85 bits per heavy atom. The van der Waals surface area contributed by atoms with Crippen LogP contribution in [0, 0.1) is 5.82 Å². The molecule has 0 aliphatic carbocycles. The van der Waals surface area contributed by atoms with Crippen molar-refractivity contribution in [2.45, 2.75) is 39.2 Å². The molecule has 1 amide bonds. The van der Waals surface area contributed by atoms with E-state index in [4.69, 9.17) is 0 Å². The van der Waals surface area contributed by atoms with E-state index >= 15 is 0 Å².